The molecule has 0 atom stereocenters. The molecule has 1 saturated carbocycles. The summed E-state index contributed by atoms with van der Waals surface area (Å²) in [4.78, 5) is 2.73. The van der Waals surface area contributed by atoms with Crippen molar-refractivity contribution in [3.05, 3.63) is 0 Å². The first-order chi connectivity index (χ1) is 7.33. The van der Waals surface area contributed by atoms with E-state index in [2.05, 4.69) is 24.2 Å². The minimum Gasteiger partial charge on any atom is -0.317 e. The van der Waals surface area contributed by atoms with E-state index in [-0.39, 0.29) is 0 Å². The Kier molecular flexibility index (Phi) is 4.04. The molecule has 88 valence electrons. The maximum atomic E-state index is 3.41. The van der Waals surface area contributed by atoms with E-state index in [0.29, 0.717) is 0 Å². The van der Waals surface area contributed by atoms with E-state index in [0.717, 1.165) is 18.0 Å². The smallest absolute Gasteiger partial charge is 0.00966 e. The predicted molar refractivity (Wildman–Crippen MR) is 65.1 cm³/mol. The summed E-state index contributed by atoms with van der Waals surface area (Å²) < 4.78 is 0. The zero-order valence-electron chi connectivity index (χ0n) is 10.3. The van der Waals surface area contributed by atoms with Crippen molar-refractivity contribution in [3.8, 4) is 0 Å². The van der Waals surface area contributed by atoms with E-state index >= 15 is 0 Å². The second-order valence-electron chi connectivity index (χ2n) is 5.40. The monoisotopic (exact) mass is 210 g/mol. The van der Waals surface area contributed by atoms with E-state index in [9.17, 15) is 0 Å². The van der Waals surface area contributed by atoms with Crippen molar-refractivity contribution < 1.29 is 0 Å². The van der Waals surface area contributed by atoms with Crippen LogP contribution in [0.4, 0.5) is 0 Å². The van der Waals surface area contributed by atoms with Gasteiger partial charge >= 0.3 is 0 Å². The third-order valence-electron chi connectivity index (χ3n) is 4.30. The van der Waals surface area contributed by atoms with Crippen LogP contribution < -0.4 is 5.32 Å². The summed E-state index contributed by atoms with van der Waals surface area (Å²) in [5.41, 5.74) is 0. The first kappa shape index (κ1) is 11.4. The van der Waals surface area contributed by atoms with Crippen LogP contribution in [0.25, 0.3) is 0 Å². The lowest BCUT2D eigenvalue weighted by molar-refractivity contribution is 0.0274. The van der Waals surface area contributed by atoms with Crippen molar-refractivity contribution in [1.29, 1.82) is 0 Å². The Hall–Kier alpha value is -0.0800. The second kappa shape index (κ2) is 5.31. The molecule has 2 nitrogen and oxygen atoms in total. The third kappa shape index (κ3) is 2.73. The molecule has 2 fully saturated rings. The molecule has 2 aliphatic rings. The number of nitrogens with zero attached hydrogens (tertiary/aromatic N) is 1. The van der Waals surface area contributed by atoms with Crippen molar-refractivity contribution >= 4 is 0 Å². The normalized spacial score (nSPS) is 34.0. The average Bonchev–Trinajstić information content (AvgIpc) is 2.23. The maximum absolute atomic E-state index is 3.41. The summed E-state index contributed by atoms with van der Waals surface area (Å²) in [5, 5.41) is 3.41. The third-order valence-corrected chi connectivity index (χ3v) is 4.30. The minimum absolute atomic E-state index is 0.800. The fourth-order valence-electron chi connectivity index (χ4n) is 3.23. The van der Waals surface area contributed by atoms with Crippen LogP contribution in [0.1, 0.15) is 45.4 Å². The second-order valence-corrected chi connectivity index (χ2v) is 5.40. The van der Waals surface area contributed by atoms with Crippen LogP contribution in [-0.4, -0.2) is 37.1 Å². The number of likely N-dealkylation sites (tertiary alicyclic amines) is 1. The Balaban J connectivity index is 1.65. The van der Waals surface area contributed by atoms with Crippen LogP contribution >= 0.6 is 0 Å². The topological polar surface area (TPSA) is 15.3 Å². The highest BCUT2D eigenvalue weighted by molar-refractivity contribution is 4.89. The lowest BCUT2D eigenvalue weighted by atomic mass is 9.85. The Morgan fingerprint density at radius 1 is 1.13 bits per heavy atom. The van der Waals surface area contributed by atoms with Gasteiger partial charge in [-0.25, -0.2) is 0 Å². The van der Waals surface area contributed by atoms with Crippen LogP contribution in [0.2, 0.25) is 0 Å². The molecule has 0 unspecified atom stereocenters. The number of rotatable bonds is 4. The highest BCUT2D eigenvalue weighted by atomic mass is 15.2. The van der Waals surface area contributed by atoms with Crippen LogP contribution in [-0.2, 0) is 0 Å². The summed E-state index contributed by atoms with van der Waals surface area (Å²) in [6.07, 6.45) is 8.42. The Labute approximate surface area is 94.4 Å². The van der Waals surface area contributed by atoms with Crippen molar-refractivity contribution in [2.45, 2.75) is 57.5 Å². The van der Waals surface area contributed by atoms with Crippen molar-refractivity contribution in [2.24, 2.45) is 5.92 Å². The van der Waals surface area contributed by atoms with Gasteiger partial charge in [0, 0.05) is 25.2 Å². The first-order valence-corrected chi connectivity index (χ1v) is 6.74. The van der Waals surface area contributed by atoms with Crippen LogP contribution in [0.3, 0.4) is 0 Å². The Bertz CT molecular complexity index is 179. The molecule has 0 radical (unpaired) electrons. The van der Waals surface area contributed by atoms with Crippen molar-refractivity contribution in [2.75, 3.05) is 20.1 Å². The van der Waals surface area contributed by atoms with Gasteiger partial charge in [0.25, 0.3) is 0 Å². The highest BCUT2D eigenvalue weighted by Crippen LogP contribution is 2.30. The lowest BCUT2D eigenvalue weighted by Crippen LogP contribution is -2.53. The van der Waals surface area contributed by atoms with Crippen molar-refractivity contribution in [3.63, 3.8) is 0 Å². The number of hydrogen-bond donors (Lipinski definition) is 1. The average molecular weight is 210 g/mol. The van der Waals surface area contributed by atoms with Gasteiger partial charge in [-0.05, 0) is 45.1 Å². The summed E-state index contributed by atoms with van der Waals surface area (Å²) in [7, 11) is 2.10. The SMILES string of the molecule is CCCC1CN(C2CCC(NC)CC2)C1. The number of nitrogens with one attached hydrogen (secondary N) is 1. The fourth-order valence-corrected chi connectivity index (χ4v) is 3.23. The quantitative estimate of drug-likeness (QED) is 0.765. The van der Waals surface area contributed by atoms with E-state index in [1.807, 2.05) is 0 Å². The molecule has 2 rings (SSSR count). The van der Waals surface area contributed by atoms with E-state index < -0.39 is 0 Å². The zero-order valence-corrected chi connectivity index (χ0v) is 10.3. The highest BCUT2D eigenvalue weighted by Gasteiger charge is 2.33. The molecule has 0 aromatic rings. The van der Waals surface area contributed by atoms with Gasteiger partial charge in [-0.3, -0.25) is 4.90 Å². The molecule has 0 amide bonds. The molecule has 1 aliphatic heterocycles. The molecular formula is C13H26N2. The van der Waals surface area contributed by atoms with Gasteiger partial charge in [0.2, 0.25) is 0 Å². The summed E-state index contributed by atoms with van der Waals surface area (Å²) in [5.74, 6) is 1.03. The summed E-state index contributed by atoms with van der Waals surface area (Å²) >= 11 is 0. The maximum Gasteiger partial charge on any atom is 0.00966 e. The largest absolute Gasteiger partial charge is 0.317 e. The van der Waals surface area contributed by atoms with Crippen LogP contribution in [0.5, 0.6) is 0 Å². The van der Waals surface area contributed by atoms with Crippen molar-refractivity contribution in [1.82, 2.24) is 10.2 Å². The van der Waals surface area contributed by atoms with Gasteiger partial charge < -0.3 is 5.32 Å². The van der Waals surface area contributed by atoms with Crippen LogP contribution in [0, 0.1) is 5.92 Å². The van der Waals surface area contributed by atoms with Gasteiger partial charge in [0.15, 0.2) is 0 Å². The van der Waals surface area contributed by atoms with Gasteiger partial charge in [0.05, 0.1) is 0 Å². The molecule has 1 N–H and O–H groups in total. The first-order valence-electron chi connectivity index (χ1n) is 6.74. The molecule has 2 heteroatoms. The molecular weight excluding hydrogens is 184 g/mol. The van der Waals surface area contributed by atoms with Gasteiger partial charge in [-0.1, -0.05) is 13.3 Å². The molecule has 15 heavy (non-hydrogen) atoms. The van der Waals surface area contributed by atoms with Gasteiger partial charge in [0.1, 0.15) is 0 Å². The molecule has 0 aromatic carbocycles. The number of hydrogen-bond acceptors (Lipinski definition) is 2. The molecule has 1 aliphatic carbocycles. The fraction of sp³-hybridized carbons (Fsp3) is 1.00. The van der Waals surface area contributed by atoms with E-state index in [1.54, 1.807) is 0 Å². The molecule has 0 bridgehead atoms. The van der Waals surface area contributed by atoms with E-state index in [4.69, 9.17) is 0 Å². The molecule has 0 aromatic heterocycles. The lowest BCUT2D eigenvalue weighted by Gasteiger charge is -2.46. The summed E-state index contributed by atoms with van der Waals surface area (Å²) in [6, 6.07) is 1.72. The standard InChI is InChI=1S/C13H26N2/c1-3-4-11-9-15(10-11)13-7-5-12(14-2)6-8-13/h11-14H,3-10H2,1-2H3. The minimum atomic E-state index is 0.800. The molecule has 1 heterocycles. The molecule has 0 spiro atoms. The van der Waals surface area contributed by atoms with E-state index in [1.165, 1.54) is 51.6 Å². The zero-order chi connectivity index (χ0) is 10.7. The molecule has 1 saturated heterocycles. The summed E-state index contributed by atoms with van der Waals surface area (Å²) in [6.45, 7) is 5.09. The van der Waals surface area contributed by atoms with Gasteiger partial charge in [-0.15, -0.1) is 0 Å². The van der Waals surface area contributed by atoms with Crippen LogP contribution in [0.15, 0.2) is 0 Å². The predicted octanol–water partition coefficient (Wildman–Crippen LogP) is 2.25. The Morgan fingerprint density at radius 2 is 1.80 bits per heavy atom. The van der Waals surface area contributed by atoms with Gasteiger partial charge in [-0.2, -0.15) is 0 Å². The Morgan fingerprint density at radius 3 is 2.33 bits per heavy atom.